The molecular formula is C18H16F2N4O. The number of rotatable bonds is 5. The molecule has 25 heavy (non-hydrogen) atoms. The van der Waals surface area contributed by atoms with Gasteiger partial charge in [0.2, 0.25) is 0 Å². The molecule has 0 unspecified atom stereocenters. The van der Waals surface area contributed by atoms with E-state index in [1.807, 2.05) is 30.3 Å². The van der Waals surface area contributed by atoms with E-state index < -0.39 is 28.8 Å². The second kappa shape index (κ2) is 6.80. The Morgan fingerprint density at radius 2 is 2.00 bits per heavy atom. The molecule has 0 atom stereocenters. The van der Waals surface area contributed by atoms with E-state index in [-0.39, 0.29) is 5.69 Å². The van der Waals surface area contributed by atoms with Crippen LogP contribution in [0.15, 0.2) is 65.8 Å². The van der Waals surface area contributed by atoms with Gasteiger partial charge in [-0.1, -0.05) is 30.3 Å². The van der Waals surface area contributed by atoms with Crippen molar-refractivity contribution in [1.82, 2.24) is 4.98 Å². The summed E-state index contributed by atoms with van der Waals surface area (Å²) in [6.07, 6.45) is 4.57. The van der Waals surface area contributed by atoms with Gasteiger partial charge in [-0.05, 0) is 18.4 Å². The minimum Gasteiger partial charge on any atom is -0.381 e. The Morgan fingerprint density at radius 1 is 1.28 bits per heavy atom. The molecule has 3 N–H and O–H groups in total. The van der Waals surface area contributed by atoms with Crippen LogP contribution in [0.1, 0.15) is 18.4 Å². The molecule has 1 fully saturated rings. The van der Waals surface area contributed by atoms with E-state index in [4.69, 9.17) is 5.73 Å². The molecule has 1 aromatic carbocycles. The predicted octanol–water partition coefficient (Wildman–Crippen LogP) is 3.06. The average Bonchev–Trinajstić information content (AvgIpc) is 3.42. The molecule has 0 aliphatic heterocycles. The molecule has 1 heterocycles. The molecule has 1 aliphatic rings. The number of carbonyl (C=O) groups excluding carboxylic acids is 1. The number of aliphatic imine (C=N–C) groups is 1. The highest BCUT2D eigenvalue weighted by Gasteiger charge is 2.51. The molecule has 1 amide bonds. The van der Waals surface area contributed by atoms with Gasteiger partial charge in [-0.3, -0.25) is 9.78 Å². The maximum Gasteiger partial charge on any atom is 0.258 e. The number of nitrogens with one attached hydrogen (secondary N) is 1. The fourth-order valence-corrected chi connectivity index (χ4v) is 2.49. The molecule has 0 spiro atoms. The number of nitrogens with zero attached hydrogens (tertiary/aromatic N) is 2. The van der Waals surface area contributed by atoms with Gasteiger partial charge in [0.05, 0.1) is 23.5 Å². The van der Waals surface area contributed by atoms with Crippen molar-refractivity contribution < 1.29 is 13.6 Å². The number of halogens is 2. The topological polar surface area (TPSA) is 80.4 Å². The van der Waals surface area contributed by atoms with Crippen LogP contribution in [-0.2, 0) is 10.2 Å². The number of anilines is 1. The lowest BCUT2D eigenvalue weighted by molar-refractivity contribution is -0.120. The molecule has 5 nitrogen and oxygen atoms in total. The molecule has 0 radical (unpaired) electrons. The number of amidine groups is 1. The molecule has 7 heteroatoms. The summed E-state index contributed by atoms with van der Waals surface area (Å²) in [5.74, 6) is -2.47. The molecule has 128 valence electrons. The van der Waals surface area contributed by atoms with Crippen LogP contribution < -0.4 is 11.1 Å². The van der Waals surface area contributed by atoms with Crippen molar-refractivity contribution in [3.63, 3.8) is 0 Å². The summed E-state index contributed by atoms with van der Waals surface area (Å²) in [6.45, 7) is 0. The third-order valence-electron chi connectivity index (χ3n) is 4.02. The molecule has 1 aliphatic carbocycles. The second-order valence-corrected chi connectivity index (χ2v) is 5.78. The van der Waals surface area contributed by atoms with E-state index in [1.165, 1.54) is 6.20 Å². The standard InChI is InChI=1S/C18H16F2N4O/c19-13-8-14(10-22-9-13)23-11-15(20)16(21)24-17(25)18(6-7-18)12-4-2-1-3-5-12/h1-5,8-11,23H,6-7H2,(H2,21,24,25)/b15-11+. The number of pyridine rings is 1. The molecule has 1 saturated carbocycles. The predicted molar refractivity (Wildman–Crippen MR) is 91.0 cm³/mol. The average molecular weight is 342 g/mol. The Labute approximate surface area is 143 Å². The first-order valence-electron chi connectivity index (χ1n) is 7.68. The summed E-state index contributed by atoms with van der Waals surface area (Å²) >= 11 is 0. The third-order valence-corrected chi connectivity index (χ3v) is 4.02. The van der Waals surface area contributed by atoms with Crippen LogP contribution >= 0.6 is 0 Å². The van der Waals surface area contributed by atoms with E-state index in [0.29, 0.717) is 12.8 Å². The minimum absolute atomic E-state index is 0.247. The van der Waals surface area contributed by atoms with Gasteiger partial charge in [0, 0.05) is 12.3 Å². The summed E-state index contributed by atoms with van der Waals surface area (Å²) in [5.41, 5.74) is 5.97. The highest BCUT2D eigenvalue weighted by atomic mass is 19.1. The van der Waals surface area contributed by atoms with Crippen LogP contribution in [0.4, 0.5) is 14.5 Å². The molecule has 1 aromatic heterocycles. The Morgan fingerprint density at radius 3 is 2.64 bits per heavy atom. The van der Waals surface area contributed by atoms with E-state index in [2.05, 4.69) is 15.3 Å². The number of carbonyl (C=O) groups is 1. The van der Waals surface area contributed by atoms with Crippen LogP contribution in [0.5, 0.6) is 0 Å². The van der Waals surface area contributed by atoms with Crippen LogP contribution in [0.25, 0.3) is 0 Å². The van der Waals surface area contributed by atoms with Crippen molar-refractivity contribution >= 4 is 17.4 Å². The smallest absolute Gasteiger partial charge is 0.258 e. The lowest BCUT2D eigenvalue weighted by Crippen LogP contribution is -2.23. The van der Waals surface area contributed by atoms with Crippen molar-refractivity contribution in [1.29, 1.82) is 0 Å². The largest absolute Gasteiger partial charge is 0.381 e. The highest BCUT2D eigenvalue weighted by Crippen LogP contribution is 2.49. The van der Waals surface area contributed by atoms with Crippen LogP contribution in [0.3, 0.4) is 0 Å². The molecule has 0 bridgehead atoms. The summed E-state index contributed by atoms with van der Waals surface area (Å²) in [4.78, 5) is 19.7. The quantitative estimate of drug-likeness (QED) is 0.646. The molecular weight excluding hydrogens is 326 g/mol. The Bertz CT molecular complexity index is 845. The van der Waals surface area contributed by atoms with Crippen LogP contribution in [0, 0.1) is 5.82 Å². The van der Waals surface area contributed by atoms with Gasteiger partial charge < -0.3 is 11.1 Å². The number of hydrogen-bond donors (Lipinski definition) is 2. The number of hydrogen-bond acceptors (Lipinski definition) is 3. The van der Waals surface area contributed by atoms with Gasteiger partial charge in [0.25, 0.3) is 5.91 Å². The minimum atomic E-state index is -0.915. The maximum atomic E-state index is 14.0. The van der Waals surface area contributed by atoms with Gasteiger partial charge in [0.1, 0.15) is 5.82 Å². The van der Waals surface area contributed by atoms with Crippen molar-refractivity contribution in [3.05, 3.63) is 72.2 Å². The normalized spacial score (nSPS) is 16.4. The second-order valence-electron chi connectivity index (χ2n) is 5.78. The summed E-state index contributed by atoms with van der Waals surface area (Å²) in [5, 5.41) is 2.51. The van der Waals surface area contributed by atoms with Crippen molar-refractivity contribution in [2.45, 2.75) is 18.3 Å². The molecule has 0 saturated heterocycles. The monoisotopic (exact) mass is 342 g/mol. The zero-order valence-electron chi connectivity index (χ0n) is 13.2. The maximum absolute atomic E-state index is 14.0. The highest BCUT2D eigenvalue weighted by molar-refractivity contribution is 6.06. The van der Waals surface area contributed by atoms with Crippen molar-refractivity contribution in [3.8, 4) is 0 Å². The van der Waals surface area contributed by atoms with E-state index in [9.17, 15) is 13.6 Å². The van der Waals surface area contributed by atoms with Gasteiger partial charge >= 0.3 is 0 Å². The first kappa shape index (κ1) is 16.8. The number of amides is 1. The Balaban J connectivity index is 1.72. The number of nitrogens with two attached hydrogens (primary N) is 1. The Kier molecular flexibility index (Phi) is 4.56. The van der Waals surface area contributed by atoms with Crippen LogP contribution in [0.2, 0.25) is 0 Å². The van der Waals surface area contributed by atoms with Crippen LogP contribution in [-0.4, -0.2) is 16.7 Å². The fourth-order valence-electron chi connectivity index (χ4n) is 2.49. The first-order chi connectivity index (χ1) is 12.0. The number of benzene rings is 1. The van der Waals surface area contributed by atoms with Gasteiger partial charge in [-0.2, -0.15) is 4.99 Å². The van der Waals surface area contributed by atoms with E-state index >= 15 is 0 Å². The zero-order valence-corrected chi connectivity index (χ0v) is 13.2. The molecule has 3 rings (SSSR count). The fraction of sp³-hybridized carbons (Fsp3) is 0.167. The lowest BCUT2D eigenvalue weighted by Gasteiger charge is -2.11. The summed E-state index contributed by atoms with van der Waals surface area (Å²) in [7, 11) is 0. The Hall–Kier alpha value is -3.09. The van der Waals surface area contributed by atoms with E-state index in [0.717, 1.165) is 24.0 Å². The van der Waals surface area contributed by atoms with Gasteiger partial charge in [-0.25, -0.2) is 8.78 Å². The van der Waals surface area contributed by atoms with Gasteiger partial charge in [0.15, 0.2) is 11.7 Å². The lowest BCUT2D eigenvalue weighted by atomic mass is 9.95. The van der Waals surface area contributed by atoms with Gasteiger partial charge in [-0.15, -0.1) is 0 Å². The number of aromatic nitrogens is 1. The third kappa shape index (κ3) is 3.71. The first-order valence-corrected chi connectivity index (χ1v) is 7.68. The summed E-state index contributed by atoms with van der Waals surface area (Å²) in [6, 6.07) is 10.4. The van der Waals surface area contributed by atoms with E-state index in [1.54, 1.807) is 0 Å². The summed E-state index contributed by atoms with van der Waals surface area (Å²) < 4.78 is 27.0. The zero-order chi connectivity index (χ0) is 17.9. The van der Waals surface area contributed by atoms with Crippen molar-refractivity contribution in [2.24, 2.45) is 10.7 Å². The SMILES string of the molecule is NC(=NC(=O)C1(c2ccccc2)CC1)/C(F)=C\Nc1cncc(F)c1. The molecule has 2 aromatic rings. The van der Waals surface area contributed by atoms with Crippen molar-refractivity contribution in [2.75, 3.05) is 5.32 Å².